The molecule has 1 saturated heterocycles. The smallest absolute Gasteiger partial charge is 0.344 e. The minimum Gasteiger partial charge on any atom is -0.480 e. The predicted octanol–water partition coefficient (Wildman–Crippen LogP) is 2.43. The summed E-state index contributed by atoms with van der Waals surface area (Å²) in [5.41, 5.74) is 0. The fourth-order valence-electron chi connectivity index (χ4n) is 1.84. The molecule has 1 aromatic rings. The Kier molecular flexibility index (Phi) is 6.77. The van der Waals surface area contributed by atoms with E-state index in [-0.39, 0.29) is 33.3 Å². The van der Waals surface area contributed by atoms with Crippen molar-refractivity contribution in [2.45, 2.75) is 0 Å². The van der Waals surface area contributed by atoms with Crippen molar-refractivity contribution in [3.63, 3.8) is 0 Å². The first-order valence-corrected chi connectivity index (χ1v) is 7.89. The van der Waals surface area contributed by atoms with Crippen LogP contribution in [-0.4, -0.2) is 56.3 Å². The summed E-state index contributed by atoms with van der Waals surface area (Å²) in [4.78, 5) is 25.0. The zero-order valence-corrected chi connectivity index (χ0v) is 14.3. The van der Waals surface area contributed by atoms with E-state index >= 15 is 0 Å². The molecule has 0 aromatic heterocycles. The Morgan fingerprint density at radius 3 is 2.39 bits per heavy atom. The Bertz CT molecular complexity index is 590. The lowest BCUT2D eigenvalue weighted by molar-refractivity contribution is -0.155. The number of morpholine rings is 1. The normalized spacial score (nSPS) is 14.5. The minimum atomic E-state index is -0.686. The molecule has 0 radical (unpaired) electrons. The number of amides is 1. The molecule has 1 amide bonds. The third-order valence-corrected chi connectivity index (χ3v) is 4.06. The highest BCUT2D eigenvalue weighted by molar-refractivity contribution is 6.43. The van der Waals surface area contributed by atoms with Crippen LogP contribution in [0.5, 0.6) is 5.75 Å². The van der Waals surface area contributed by atoms with Crippen LogP contribution in [0.2, 0.25) is 15.1 Å². The van der Waals surface area contributed by atoms with Crippen molar-refractivity contribution in [2.24, 2.45) is 0 Å². The van der Waals surface area contributed by atoms with E-state index in [9.17, 15) is 9.59 Å². The van der Waals surface area contributed by atoms with Gasteiger partial charge in [0.05, 0.1) is 28.3 Å². The summed E-state index contributed by atoms with van der Waals surface area (Å²) in [7, 11) is 0. The van der Waals surface area contributed by atoms with Gasteiger partial charge in [0.2, 0.25) is 0 Å². The number of rotatable bonds is 5. The number of halogens is 3. The van der Waals surface area contributed by atoms with Crippen molar-refractivity contribution in [1.82, 2.24) is 4.90 Å². The van der Waals surface area contributed by atoms with E-state index in [4.69, 9.17) is 49.0 Å². The largest absolute Gasteiger partial charge is 0.480 e. The van der Waals surface area contributed by atoms with Gasteiger partial charge in [-0.1, -0.05) is 34.8 Å². The van der Waals surface area contributed by atoms with Crippen LogP contribution in [0.4, 0.5) is 0 Å². The van der Waals surface area contributed by atoms with Gasteiger partial charge in [0.25, 0.3) is 5.91 Å². The molecule has 6 nitrogen and oxygen atoms in total. The summed E-state index contributed by atoms with van der Waals surface area (Å²) >= 11 is 17.6. The summed E-state index contributed by atoms with van der Waals surface area (Å²) in [5, 5.41) is 0.751. The van der Waals surface area contributed by atoms with Crippen molar-refractivity contribution in [3.8, 4) is 5.75 Å². The molecule has 0 N–H and O–H groups in total. The van der Waals surface area contributed by atoms with E-state index in [0.29, 0.717) is 26.3 Å². The molecule has 2 rings (SSSR count). The average molecular weight is 383 g/mol. The molecule has 9 heteroatoms. The molecule has 1 aliphatic heterocycles. The highest BCUT2D eigenvalue weighted by atomic mass is 35.5. The van der Waals surface area contributed by atoms with Gasteiger partial charge in [0.1, 0.15) is 5.75 Å². The van der Waals surface area contributed by atoms with Crippen LogP contribution in [0.25, 0.3) is 0 Å². The van der Waals surface area contributed by atoms with Crippen LogP contribution in [0, 0.1) is 0 Å². The maximum atomic E-state index is 11.8. The van der Waals surface area contributed by atoms with E-state index in [1.54, 1.807) is 4.90 Å². The first kappa shape index (κ1) is 18.1. The monoisotopic (exact) mass is 381 g/mol. The van der Waals surface area contributed by atoms with Gasteiger partial charge in [0, 0.05) is 19.2 Å². The molecule has 0 atom stereocenters. The Morgan fingerprint density at radius 2 is 1.70 bits per heavy atom. The van der Waals surface area contributed by atoms with Gasteiger partial charge in [-0.15, -0.1) is 0 Å². The second-order valence-corrected chi connectivity index (χ2v) is 5.86. The molecule has 1 heterocycles. The maximum absolute atomic E-state index is 11.8. The number of carbonyl (C=O) groups excluding carboxylic acids is 2. The zero-order valence-electron chi connectivity index (χ0n) is 12.0. The lowest BCUT2D eigenvalue weighted by Crippen LogP contribution is -2.42. The molecular weight excluding hydrogens is 369 g/mol. The van der Waals surface area contributed by atoms with E-state index in [1.165, 1.54) is 12.1 Å². The highest BCUT2D eigenvalue weighted by Gasteiger charge is 2.18. The summed E-state index contributed by atoms with van der Waals surface area (Å²) in [5.74, 6) is -0.750. The van der Waals surface area contributed by atoms with Crippen LogP contribution < -0.4 is 4.74 Å². The van der Waals surface area contributed by atoms with Gasteiger partial charge in [-0.05, 0) is 6.07 Å². The summed E-state index contributed by atoms with van der Waals surface area (Å²) < 4.78 is 15.2. The molecule has 0 saturated carbocycles. The molecule has 0 unspecified atom stereocenters. The first-order valence-electron chi connectivity index (χ1n) is 6.76. The number of esters is 1. The summed E-state index contributed by atoms with van der Waals surface area (Å²) in [6.07, 6.45) is 0. The van der Waals surface area contributed by atoms with Crippen LogP contribution in [0.3, 0.4) is 0 Å². The molecule has 0 aliphatic carbocycles. The van der Waals surface area contributed by atoms with Crippen molar-refractivity contribution < 1.29 is 23.8 Å². The maximum Gasteiger partial charge on any atom is 0.344 e. The molecule has 1 aromatic carbocycles. The van der Waals surface area contributed by atoms with E-state index < -0.39 is 12.6 Å². The van der Waals surface area contributed by atoms with Gasteiger partial charge in [-0.25, -0.2) is 4.79 Å². The second kappa shape index (κ2) is 8.59. The van der Waals surface area contributed by atoms with Crippen molar-refractivity contribution >= 4 is 46.7 Å². The third-order valence-electron chi connectivity index (χ3n) is 3.04. The van der Waals surface area contributed by atoms with Crippen molar-refractivity contribution in [1.29, 1.82) is 0 Å². The third kappa shape index (κ3) is 5.42. The standard InChI is InChI=1S/C14H14Cl3NO5/c15-9-5-11(17)12(6-10(9)16)22-8-14(20)23-7-13(19)18-1-3-21-4-2-18/h5-6H,1-4,7-8H2. The number of hydrogen-bond donors (Lipinski definition) is 0. The summed E-state index contributed by atoms with van der Waals surface area (Å²) in [6.45, 7) is 1.22. The minimum absolute atomic E-state index is 0.206. The molecule has 1 aliphatic rings. The van der Waals surface area contributed by atoms with Crippen LogP contribution in [0.15, 0.2) is 12.1 Å². The fraction of sp³-hybridized carbons (Fsp3) is 0.429. The highest BCUT2D eigenvalue weighted by Crippen LogP contribution is 2.33. The Hall–Kier alpha value is -1.21. The number of ether oxygens (including phenoxy) is 3. The van der Waals surface area contributed by atoms with E-state index in [0.717, 1.165) is 0 Å². The van der Waals surface area contributed by atoms with Crippen molar-refractivity contribution in [2.75, 3.05) is 39.5 Å². The molecule has 0 spiro atoms. The molecule has 23 heavy (non-hydrogen) atoms. The van der Waals surface area contributed by atoms with Crippen LogP contribution >= 0.6 is 34.8 Å². The lowest BCUT2D eigenvalue weighted by Gasteiger charge is -2.26. The molecular formula is C14H14Cl3NO5. The van der Waals surface area contributed by atoms with Crippen LogP contribution in [0.1, 0.15) is 0 Å². The molecule has 126 valence electrons. The SMILES string of the molecule is O=C(COc1cc(Cl)c(Cl)cc1Cl)OCC(=O)N1CCOCC1. The van der Waals surface area contributed by atoms with Crippen molar-refractivity contribution in [3.05, 3.63) is 27.2 Å². The Balaban J connectivity index is 1.77. The topological polar surface area (TPSA) is 65.1 Å². The quantitative estimate of drug-likeness (QED) is 0.578. The zero-order chi connectivity index (χ0) is 16.8. The average Bonchev–Trinajstić information content (AvgIpc) is 2.55. The van der Waals surface area contributed by atoms with Gasteiger partial charge in [-0.2, -0.15) is 0 Å². The van der Waals surface area contributed by atoms with E-state index in [2.05, 4.69) is 0 Å². The number of nitrogens with zero attached hydrogens (tertiary/aromatic N) is 1. The summed E-state index contributed by atoms with van der Waals surface area (Å²) in [6, 6.07) is 2.81. The number of hydrogen-bond acceptors (Lipinski definition) is 5. The molecule has 0 bridgehead atoms. The molecule has 1 fully saturated rings. The van der Waals surface area contributed by atoms with Crippen LogP contribution in [-0.2, 0) is 19.1 Å². The number of benzene rings is 1. The Morgan fingerprint density at radius 1 is 1.04 bits per heavy atom. The van der Waals surface area contributed by atoms with Gasteiger partial charge < -0.3 is 19.1 Å². The second-order valence-electron chi connectivity index (χ2n) is 4.64. The Labute approximate surface area is 148 Å². The number of carbonyl (C=O) groups is 2. The lowest BCUT2D eigenvalue weighted by atomic mass is 10.3. The van der Waals surface area contributed by atoms with Gasteiger partial charge >= 0.3 is 5.97 Å². The fourth-order valence-corrected chi connectivity index (χ4v) is 2.43. The van der Waals surface area contributed by atoms with E-state index in [1.807, 2.05) is 0 Å². The first-order chi connectivity index (χ1) is 11.0. The van der Waals surface area contributed by atoms with Gasteiger partial charge in [0.15, 0.2) is 13.2 Å². The predicted molar refractivity (Wildman–Crippen MR) is 85.3 cm³/mol. The van der Waals surface area contributed by atoms with Gasteiger partial charge in [-0.3, -0.25) is 4.79 Å².